The Labute approximate surface area is 108 Å². The van der Waals surface area contributed by atoms with Gasteiger partial charge in [0.15, 0.2) is 0 Å². The van der Waals surface area contributed by atoms with Gasteiger partial charge in [-0.15, -0.1) is 0 Å². The van der Waals surface area contributed by atoms with E-state index in [1.807, 2.05) is 25.1 Å². The van der Waals surface area contributed by atoms with Crippen LogP contribution in [0.2, 0.25) is 0 Å². The minimum Gasteiger partial charge on any atom is -0.493 e. The van der Waals surface area contributed by atoms with Gasteiger partial charge in [-0.05, 0) is 38.4 Å². The van der Waals surface area contributed by atoms with Crippen LogP contribution in [0.15, 0.2) is 24.3 Å². The van der Waals surface area contributed by atoms with E-state index in [0.717, 1.165) is 13.0 Å². The Balaban J connectivity index is 1.94. The predicted molar refractivity (Wildman–Crippen MR) is 71.0 cm³/mol. The lowest BCUT2D eigenvalue weighted by Crippen LogP contribution is -2.37. The number of para-hydroxylation sites is 1. The van der Waals surface area contributed by atoms with Crippen molar-refractivity contribution in [1.82, 2.24) is 10.6 Å². The van der Waals surface area contributed by atoms with Gasteiger partial charge < -0.3 is 15.4 Å². The number of ether oxygens (including phenoxy) is 1. The normalized spacial score (nSPS) is 18.6. The molecule has 1 fully saturated rings. The van der Waals surface area contributed by atoms with E-state index in [2.05, 4.69) is 10.6 Å². The fourth-order valence-corrected chi connectivity index (χ4v) is 2.18. The molecule has 0 aliphatic carbocycles. The van der Waals surface area contributed by atoms with E-state index in [0.29, 0.717) is 30.5 Å². The van der Waals surface area contributed by atoms with E-state index in [-0.39, 0.29) is 5.91 Å². The van der Waals surface area contributed by atoms with E-state index in [9.17, 15) is 4.79 Å². The van der Waals surface area contributed by atoms with Crippen LogP contribution in [0, 0.1) is 0 Å². The third kappa shape index (κ3) is 3.23. The van der Waals surface area contributed by atoms with Crippen molar-refractivity contribution < 1.29 is 9.53 Å². The summed E-state index contributed by atoms with van der Waals surface area (Å²) in [4.78, 5) is 12.1. The molecular formula is C14H20N2O2. The molecule has 0 aromatic heterocycles. The Bertz CT molecular complexity index is 401. The van der Waals surface area contributed by atoms with Crippen molar-refractivity contribution in [1.29, 1.82) is 0 Å². The molecule has 1 amide bonds. The number of carbonyl (C=O) groups excluding carboxylic acids is 1. The number of benzene rings is 1. The van der Waals surface area contributed by atoms with Gasteiger partial charge in [0, 0.05) is 12.6 Å². The van der Waals surface area contributed by atoms with Crippen molar-refractivity contribution >= 4 is 5.91 Å². The number of nitrogens with one attached hydrogen (secondary N) is 2. The van der Waals surface area contributed by atoms with Crippen molar-refractivity contribution in [3.63, 3.8) is 0 Å². The average molecular weight is 248 g/mol. The molecule has 1 saturated heterocycles. The molecule has 1 aliphatic rings. The Hall–Kier alpha value is -1.55. The molecule has 2 N–H and O–H groups in total. The van der Waals surface area contributed by atoms with Crippen LogP contribution in [0.5, 0.6) is 5.75 Å². The molecule has 18 heavy (non-hydrogen) atoms. The second kappa shape index (κ2) is 6.40. The molecule has 0 radical (unpaired) electrons. The summed E-state index contributed by atoms with van der Waals surface area (Å²) in [6.45, 7) is 4.21. The molecule has 1 aliphatic heterocycles. The standard InChI is InChI=1S/C14H20N2O2/c1-2-18-13-8-4-3-7-12(13)14(17)16-10-11-6-5-9-15-11/h3-4,7-8,11,15H,2,5-6,9-10H2,1H3,(H,16,17). The van der Waals surface area contributed by atoms with Gasteiger partial charge in [-0.2, -0.15) is 0 Å². The van der Waals surface area contributed by atoms with Crippen molar-refractivity contribution in [3.05, 3.63) is 29.8 Å². The maximum absolute atomic E-state index is 12.1. The lowest BCUT2D eigenvalue weighted by atomic mass is 10.1. The van der Waals surface area contributed by atoms with Crippen LogP contribution < -0.4 is 15.4 Å². The third-order valence-corrected chi connectivity index (χ3v) is 3.10. The lowest BCUT2D eigenvalue weighted by molar-refractivity contribution is 0.0946. The molecule has 1 aromatic rings. The van der Waals surface area contributed by atoms with E-state index < -0.39 is 0 Å². The van der Waals surface area contributed by atoms with Gasteiger partial charge in [0.1, 0.15) is 5.75 Å². The van der Waals surface area contributed by atoms with Crippen molar-refractivity contribution in [2.45, 2.75) is 25.8 Å². The quantitative estimate of drug-likeness (QED) is 0.831. The summed E-state index contributed by atoms with van der Waals surface area (Å²) in [6.07, 6.45) is 2.32. The Kier molecular flexibility index (Phi) is 4.59. The zero-order valence-corrected chi connectivity index (χ0v) is 10.7. The smallest absolute Gasteiger partial charge is 0.255 e. The van der Waals surface area contributed by atoms with Crippen molar-refractivity contribution in [2.75, 3.05) is 19.7 Å². The number of rotatable bonds is 5. The summed E-state index contributed by atoms with van der Waals surface area (Å²) in [5.74, 6) is 0.588. The Morgan fingerprint density at radius 2 is 2.33 bits per heavy atom. The van der Waals surface area contributed by atoms with Gasteiger partial charge in [-0.25, -0.2) is 0 Å². The summed E-state index contributed by atoms with van der Waals surface area (Å²) < 4.78 is 5.45. The topological polar surface area (TPSA) is 50.4 Å². The van der Waals surface area contributed by atoms with Gasteiger partial charge in [-0.3, -0.25) is 4.79 Å². The zero-order valence-electron chi connectivity index (χ0n) is 10.7. The minimum atomic E-state index is -0.0623. The SMILES string of the molecule is CCOc1ccccc1C(=O)NCC1CCCN1. The summed E-state index contributed by atoms with van der Waals surface area (Å²) in [6, 6.07) is 7.76. The number of hydrogen-bond acceptors (Lipinski definition) is 3. The molecular weight excluding hydrogens is 228 g/mol. The van der Waals surface area contributed by atoms with E-state index >= 15 is 0 Å². The lowest BCUT2D eigenvalue weighted by Gasteiger charge is -2.13. The predicted octanol–water partition coefficient (Wildman–Crippen LogP) is 1.57. The molecule has 1 aromatic carbocycles. The first-order valence-corrected chi connectivity index (χ1v) is 6.54. The third-order valence-electron chi connectivity index (χ3n) is 3.10. The molecule has 0 bridgehead atoms. The van der Waals surface area contributed by atoms with Crippen LogP contribution in [-0.4, -0.2) is 31.6 Å². The summed E-state index contributed by atoms with van der Waals surface area (Å²) in [7, 11) is 0. The summed E-state index contributed by atoms with van der Waals surface area (Å²) >= 11 is 0. The monoisotopic (exact) mass is 248 g/mol. The minimum absolute atomic E-state index is 0.0623. The second-order valence-corrected chi connectivity index (χ2v) is 4.43. The molecule has 2 rings (SSSR count). The molecule has 98 valence electrons. The van der Waals surface area contributed by atoms with Gasteiger partial charge in [0.25, 0.3) is 5.91 Å². The average Bonchev–Trinajstić information content (AvgIpc) is 2.90. The number of carbonyl (C=O) groups is 1. The van der Waals surface area contributed by atoms with Gasteiger partial charge in [0.2, 0.25) is 0 Å². The van der Waals surface area contributed by atoms with Crippen LogP contribution in [0.25, 0.3) is 0 Å². The van der Waals surface area contributed by atoms with Gasteiger partial charge >= 0.3 is 0 Å². The van der Waals surface area contributed by atoms with Gasteiger partial charge in [-0.1, -0.05) is 12.1 Å². The Morgan fingerprint density at radius 1 is 1.50 bits per heavy atom. The van der Waals surface area contributed by atoms with Crippen LogP contribution in [0.3, 0.4) is 0 Å². The van der Waals surface area contributed by atoms with E-state index in [4.69, 9.17) is 4.74 Å². The fourth-order valence-electron chi connectivity index (χ4n) is 2.18. The maximum Gasteiger partial charge on any atom is 0.255 e. The molecule has 4 heteroatoms. The van der Waals surface area contributed by atoms with E-state index in [1.165, 1.54) is 6.42 Å². The second-order valence-electron chi connectivity index (χ2n) is 4.43. The Morgan fingerprint density at radius 3 is 3.06 bits per heavy atom. The first-order valence-electron chi connectivity index (χ1n) is 6.54. The molecule has 1 atom stereocenters. The highest BCUT2D eigenvalue weighted by Gasteiger charge is 2.16. The summed E-state index contributed by atoms with van der Waals surface area (Å²) in [5.41, 5.74) is 0.609. The first-order chi connectivity index (χ1) is 8.81. The van der Waals surface area contributed by atoms with Crippen LogP contribution >= 0.6 is 0 Å². The largest absolute Gasteiger partial charge is 0.493 e. The van der Waals surface area contributed by atoms with Crippen LogP contribution in [0.1, 0.15) is 30.1 Å². The number of amides is 1. The molecule has 0 saturated carbocycles. The fraction of sp³-hybridized carbons (Fsp3) is 0.500. The molecule has 4 nitrogen and oxygen atoms in total. The van der Waals surface area contributed by atoms with Gasteiger partial charge in [0.05, 0.1) is 12.2 Å². The van der Waals surface area contributed by atoms with Crippen LogP contribution in [-0.2, 0) is 0 Å². The molecule has 1 unspecified atom stereocenters. The van der Waals surface area contributed by atoms with Crippen molar-refractivity contribution in [3.8, 4) is 5.75 Å². The highest BCUT2D eigenvalue weighted by atomic mass is 16.5. The van der Waals surface area contributed by atoms with E-state index in [1.54, 1.807) is 6.07 Å². The first kappa shape index (κ1) is 12.9. The van der Waals surface area contributed by atoms with Crippen molar-refractivity contribution in [2.24, 2.45) is 0 Å². The van der Waals surface area contributed by atoms with Crippen LogP contribution in [0.4, 0.5) is 0 Å². The zero-order chi connectivity index (χ0) is 12.8. The highest BCUT2D eigenvalue weighted by Crippen LogP contribution is 2.17. The molecule has 0 spiro atoms. The summed E-state index contributed by atoms with van der Waals surface area (Å²) in [5, 5.41) is 6.32. The highest BCUT2D eigenvalue weighted by molar-refractivity contribution is 5.96. The number of hydrogen-bond donors (Lipinski definition) is 2. The maximum atomic E-state index is 12.1. The molecule has 1 heterocycles.